The summed E-state index contributed by atoms with van der Waals surface area (Å²) < 4.78 is 5.27. The molecule has 4 heteroatoms. The average molecular weight is 220 g/mol. The Labute approximate surface area is 95.2 Å². The Bertz CT molecular complexity index is 392. The van der Waals surface area contributed by atoms with Gasteiger partial charge in [-0.25, -0.2) is 0 Å². The number of methoxy groups -OCH3 is 1. The largest absolute Gasteiger partial charge is 0.496 e. The number of carbonyl (C=O) groups excluding carboxylic acids is 1. The second kappa shape index (κ2) is 4.53. The summed E-state index contributed by atoms with van der Waals surface area (Å²) in [7, 11) is 3.45. The molecule has 0 bridgehead atoms. The number of nitrogens with zero attached hydrogens (tertiary/aromatic N) is 1. The second-order valence-corrected chi connectivity index (χ2v) is 3.89. The zero-order valence-corrected chi connectivity index (χ0v) is 9.56. The number of piperazine rings is 1. The van der Waals surface area contributed by atoms with Gasteiger partial charge in [-0.15, -0.1) is 0 Å². The molecule has 1 unspecified atom stereocenters. The summed E-state index contributed by atoms with van der Waals surface area (Å²) in [5, 5.41) is 3.22. The molecule has 86 valence electrons. The third kappa shape index (κ3) is 1.88. The molecule has 0 aliphatic carbocycles. The van der Waals surface area contributed by atoms with E-state index in [1.807, 2.05) is 31.3 Å². The first-order valence-electron chi connectivity index (χ1n) is 5.35. The van der Waals surface area contributed by atoms with E-state index in [1.54, 1.807) is 12.0 Å². The van der Waals surface area contributed by atoms with Crippen LogP contribution in [0.2, 0.25) is 0 Å². The van der Waals surface area contributed by atoms with Gasteiger partial charge in [0.25, 0.3) is 0 Å². The van der Waals surface area contributed by atoms with Crippen molar-refractivity contribution in [2.45, 2.75) is 6.04 Å². The number of para-hydroxylation sites is 1. The van der Waals surface area contributed by atoms with Gasteiger partial charge in [0.1, 0.15) is 11.8 Å². The van der Waals surface area contributed by atoms with Gasteiger partial charge in [-0.1, -0.05) is 18.2 Å². The highest BCUT2D eigenvalue weighted by Crippen LogP contribution is 2.27. The predicted octanol–water partition coefficient (Wildman–Crippen LogP) is 0.798. The van der Waals surface area contributed by atoms with Crippen LogP contribution in [-0.4, -0.2) is 38.1 Å². The molecule has 4 nitrogen and oxygen atoms in total. The van der Waals surface area contributed by atoms with Crippen LogP contribution in [-0.2, 0) is 4.79 Å². The maximum absolute atomic E-state index is 12.0. The average Bonchev–Trinajstić information content (AvgIpc) is 2.33. The third-order valence-electron chi connectivity index (χ3n) is 2.87. The Balaban J connectivity index is 2.32. The van der Waals surface area contributed by atoms with Crippen molar-refractivity contribution >= 4 is 5.91 Å². The van der Waals surface area contributed by atoms with Gasteiger partial charge in [0.05, 0.1) is 7.11 Å². The normalized spacial score (nSPS) is 21.0. The van der Waals surface area contributed by atoms with Gasteiger partial charge in [0.15, 0.2) is 0 Å². The van der Waals surface area contributed by atoms with Crippen molar-refractivity contribution in [2.24, 2.45) is 0 Å². The Morgan fingerprint density at radius 1 is 1.44 bits per heavy atom. The molecule has 2 rings (SSSR count). The summed E-state index contributed by atoms with van der Waals surface area (Å²) >= 11 is 0. The lowest BCUT2D eigenvalue weighted by Crippen LogP contribution is -2.48. The van der Waals surface area contributed by atoms with E-state index in [-0.39, 0.29) is 11.9 Å². The minimum absolute atomic E-state index is 0.0933. The number of ether oxygens (including phenoxy) is 1. The highest BCUT2D eigenvalue weighted by Gasteiger charge is 2.29. The van der Waals surface area contributed by atoms with Crippen molar-refractivity contribution in [3.8, 4) is 5.75 Å². The number of nitrogens with one attached hydrogen (secondary N) is 1. The third-order valence-corrected chi connectivity index (χ3v) is 2.87. The molecular formula is C12H16N2O2. The Morgan fingerprint density at radius 3 is 2.94 bits per heavy atom. The lowest BCUT2D eigenvalue weighted by atomic mass is 10.0. The van der Waals surface area contributed by atoms with E-state index in [9.17, 15) is 4.79 Å². The van der Waals surface area contributed by atoms with Crippen LogP contribution in [0.4, 0.5) is 0 Å². The summed E-state index contributed by atoms with van der Waals surface area (Å²) in [6.07, 6.45) is 0. The quantitative estimate of drug-likeness (QED) is 0.801. The van der Waals surface area contributed by atoms with Gasteiger partial charge in [-0.2, -0.15) is 0 Å². The minimum atomic E-state index is -0.283. The van der Waals surface area contributed by atoms with Crippen molar-refractivity contribution in [2.75, 3.05) is 27.2 Å². The molecule has 16 heavy (non-hydrogen) atoms. The first-order valence-corrected chi connectivity index (χ1v) is 5.35. The number of likely N-dealkylation sites (N-methyl/N-ethyl adjacent to an activating group) is 1. The van der Waals surface area contributed by atoms with Gasteiger partial charge < -0.3 is 15.0 Å². The summed E-state index contributed by atoms with van der Waals surface area (Å²) in [5.74, 6) is 0.847. The standard InChI is InChI=1S/C12H16N2O2/c1-14-8-7-13-11(12(14)15)9-5-3-4-6-10(9)16-2/h3-6,11,13H,7-8H2,1-2H3. The molecule has 1 aromatic carbocycles. The molecule has 1 N–H and O–H groups in total. The first kappa shape index (κ1) is 11.0. The summed E-state index contributed by atoms with van der Waals surface area (Å²) in [6, 6.07) is 7.34. The van der Waals surface area contributed by atoms with Crippen LogP contribution in [0.25, 0.3) is 0 Å². The number of hydrogen-bond acceptors (Lipinski definition) is 3. The van der Waals surface area contributed by atoms with Crippen LogP contribution >= 0.6 is 0 Å². The lowest BCUT2D eigenvalue weighted by molar-refractivity contribution is -0.134. The monoisotopic (exact) mass is 220 g/mol. The molecule has 1 saturated heterocycles. The van der Waals surface area contributed by atoms with Crippen molar-refractivity contribution in [3.05, 3.63) is 29.8 Å². The van der Waals surface area contributed by atoms with Crippen LogP contribution < -0.4 is 10.1 Å². The summed E-state index contributed by atoms with van der Waals surface area (Å²) in [4.78, 5) is 13.7. The van der Waals surface area contributed by atoms with Crippen molar-refractivity contribution < 1.29 is 9.53 Å². The molecule has 0 spiro atoms. The number of rotatable bonds is 2. The molecule has 0 saturated carbocycles. The van der Waals surface area contributed by atoms with E-state index in [4.69, 9.17) is 4.74 Å². The second-order valence-electron chi connectivity index (χ2n) is 3.89. The van der Waals surface area contributed by atoms with E-state index in [2.05, 4.69) is 5.32 Å². The van der Waals surface area contributed by atoms with Gasteiger partial charge in [0.2, 0.25) is 5.91 Å². The van der Waals surface area contributed by atoms with E-state index in [1.165, 1.54) is 0 Å². The van der Waals surface area contributed by atoms with Crippen LogP contribution in [0.1, 0.15) is 11.6 Å². The molecule has 0 aromatic heterocycles. The molecule has 1 aliphatic heterocycles. The molecule has 1 aliphatic rings. The van der Waals surface area contributed by atoms with Gasteiger partial charge in [0, 0.05) is 25.7 Å². The summed E-state index contributed by atoms with van der Waals surface area (Å²) in [6.45, 7) is 1.56. The number of hydrogen-bond donors (Lipinski definition) is 1. The molecule has 0 radical (unpaired) electrons. The molecular weight excluding hydrogens is 204 g/mol. The molecule has 1 amide bonds. The van der Waals surface area contributed by atoms with Crippen molar-refractivity contribution in [3.63, 3.8) is 0 Å². The van der Waals surface area contributed by atoms with E-state index in [0.29, 0.717) is 0 Å². The number of benzene rings is 1. The molecule has 1 heterocycles. The maximum atomic E-state index is 12.0. The zero-order chi connectivity index (χ0) is 11.5. The maximum Gasteiger partial charge on any atom is 0.244 e. The molecule has 1 fully saturated rings. The molecule has 1 atom stereocenters. The summed E-state index contributed by atoms with van der Waals surface area (Å²) in [5.41, 5.74) is 0.904. The minimum Gasteiger partial charge on any atom is -0.496 e. The number of amides is 1. The topological polar surface area (TPSA) is 41.6 Å². The highest BCUT2D eigenvalue weighted by atomic mass is 16.5. The van der Waals surface area contributed by atoms with Gasteiger partial charge in [-0.3, -0.25) is 4.79 Å². The van der Waals surface area contributed by atoms with Crippen molar-refractivity contribution in [1.29, 1.82) is 0 Å². The number of carbonyl (C=O) groups is 1. The first-order chi connectivity index (χ1) is 7.74. The molecule has 1 aromatic rings. The van der Waals surface area contributed by atoms with E-state index < -0.39 is 0 Å². The smallest absolute Gasteiger partial charge is 0.244 e. The van der Waals surface area contributed by atoms with E-state index in [0.717, 1.165) is 24.4 Å². The van der Waals surface area contributed by atoms with Crippen LogP contribution in [0, 0.1) is 0 Å². The Hall–Kier alpha value is -1.55. The SMILES string of the molecule is COc1ccccc1C1NCCN(C)C1=O. The van der Waals surface area contributed by atoms with Gasteiger partial charge in [-0.05, 0) is 6.07 Å². The van der Waals surface area contributed by atoms with Crippen LogP contribution in [0.5, 0.6) is 5.75 Å². The van der Waals surface area contributed by atoms with Crippen LogP contribution in [0.15, 0.2) is 24.3 Å². The van der Waals surface area contributed by atoms with Crippen molar-refractivity contribution in [1.82, 2.24) is 10.2 Å². The fraction of sp³-hybridized carbons (Fsp3) is 0.417. The fourth-order valence-electron chi connectivity index (χ4n) is 1.94. The Kier molecular flexibility index (Phi) is 3.10. The van der Waals surface area contributed by atoms with Crippen LogP contribution in [0.3, 0.4) is 0 Å². The fourth-order valence-corrected chi connectivity index (χ4v) is 1.94. The predicted molar refractivity (Wildman–Crippen MR) is 61.4 cm³/mol. The lowest BCUT2D eigenvalue weighted by Gasteiger charge is -2.31. The Morgan fingerprint density at radius 2 is 2.19 bits per heavy atom. The zero-order valence-electron chi connectivity index (χ0n) is 9.56. The van der Waals surface area contributed by atoms with Gasteiger partial charge >= 0.3 is 0 Å². The highest BCUT2D eigenvalue weighted by molar-refractivity contribution is 5.84. The van der Waals surface area contributed by atoms with E-state index >= 15 is 0 Å².